The van der Waals surface area contributed by atoms with Gasteiger partial charge in [-0.15, -0.1) is 0 Å². The van der Waals surface area contributed by atoms with Crippen molar-refractivity contribution in [2.45, 2.75) is 50.2 Å². The Hall–Kier alpha value is -4.21. The molecule has 1 aliphatic carbocycles. The van der Waals surface area contributed by atoms with Gasteiger partial charge in [0.2, 0.25) is 0 Å². The summed E-state index contributed by atoms with van der Waals surface area (Å²) in [6, 6.07) is 23.5. The summed E-state index contributed by atoms with van der Waals surface area (Å²) in [5, 5.41) is 15.0. The third-order valence-electron chi connectivity index (χ3n) is 7.39. The predicted molar refractivity (Wildman–Crippen MR) is 147 cm³/mol. The smallest absolute Gasteiger partial charge is 0.407 e. The lowest BCUT2D eigenvalue weighted by Gasteiger charge is -2.25. The highest BCUT2D eigenvalue weighted by atomic mass is 16.6. The second-order valence-corrected chi connectivity index (χ2v) is 9.98. The van der Waals surface area contributed by atoms with E-state index in [1.165, 1.54) is 0 Å². The number of amides is 2. The lowest BCUT2D eigenvalue weighted by Crippen LogP contribution is -2.55. The molecule has 1 saturated heterocycles. The van der Waals surface area contributed by atoms with E-state index in [9.17, 15) is 19.5 Å². The number of benzene rings is 3. The largest absolute Gasteiger partial charge is 0.480 e. The Kier molecular flexibility index (Phi) is 8.42. The molecular weight excluding hydrogens is 512 g/mol. The number of fused-ring (bicyclic) bond motifs is 3. The number of carboxylic acids is 1. The van der Waals surface area contributed by atoms with Gasteiger partial charge in [0.05, 0.1) is 18.8 Å². The zero-order chi connectivity index (χ0) is 28.1. The molecule has 3 N–H and O–H groups in total. The highest BCUT2D eigenvalue weighted by Gasteiger charge is 2.39. The van der Waals surface area contributed by atoms with Gasteiger partial charge in [-0.1, -0.05) is 78.9 Å². The molecule has 0 radical (unpaired) electrons. The molecule has 3 aromatic rings. The van der Waals surface area contributed by atoms with E-state index in [-0.39, 0.29) is 25.7 Å². The maximum absolute atomic E-state index is 13.0. The van der Waals surface area contributed by atoms with E-state index in [1.807, 2.05) is 66.7 Å². The molecule has 40 heavy (non-hydrogen) atoms. The minimum atomic E-state index is -1.30. The molecular formula is C31H32N2O7. The number of carbonyl (C=O) groups is 3. The van der Waals surface area contributed by atoms with Crippen LogP contribution in [0.1, 0.15) is 36.0 Å². The molecule has 0 spiro atoms. The fourth-order valence-electron chi connectivity index (χ4n) is 5.30. The normalized spacial score (nSPS) is 19.2. The first-order chi connectivity index (χ1) is 19.4. The highest BCUT2D eigenvalue weighted by Crippen LogP contribution is 2.44. The first-order valence-electron chi connectivity index (χ1n) is 13.3. The molecule has 208 valence electrons. The number of ether oxygens (including phenoxy) is 3. The van der Waals surface area contributed by atoms with E-state index in [4.69, 9.17) is 14.2 Å². The van der Waals surface area contributed by atoms with E-state index in [0.29, 0.717) is 6.42 Å². The summed E-state index contributed by atoms with van der Waals surface area (Å²) in [5.41, 5.74) is 5.34. The molecule has 2 aliphatic rings. The number of alkyl carbamates (subject to hydrolysis) is 1. The summed E-state index contributed by atoms with van der Waals surface area (Å²) >= 11 is 0. The van der Waals surface area contributed by atoms with Crippen molar-refractivity contribution in [3.8, 4) is 11.1 Å². The summed E-state index contributed by atoms with van der Waals surface area (Å²) < 4.78 is 16.9. The van der Waals surface area contributed by atoms with Crippen LogP contribution in [-0.2, 0) is 30.4 Å². The molecule has 2 unspecified atom stereocenters. The van der Waals surface area contributed by atoms with Crippen molar-refractivity contribution in [3.63, 3.8) is 0 Å². The van der Waals surface area contributed by atoms with Gasteiger partial charge < -0.3 is 30.0 Å². The van der Waals surface area contributed by atoms with Gasteiger partial charge in [-0.25, -0.2) is 9.59 Å². The Bertz CT molecular complexity index is 1320. The van der Waals surface area contributed by atoms with Crippen LogP contribution in [-0.4, -0.2) is 60.6 Å². The van der Waals surface area contributed by atoms with Crippen molar-refractivity contribution < 1.29 is 33.7 Å². The molecule has 1 aliphatic heterocycles. The first-order valence-corrected chi connectivity index (χ1v) is 13.3. The highest BCUT2D eigenvalue weighted by molar-refractivity contribution is 5.88. The Morgan fingerprint density at radius 3 is 2.23 bits per heavy atom. The van der Waals surface area contributed by atoms with Crippen LogP contribution in [0.5, 0.6) is 0 Å². The van der Waals surface area contributed by atoms with Crippen LogP contribution in [0.2, 0.25) is 0 Å². The van der Waals surface area contributed by atoms with Gasteiger partial charge in [-0.3, -0.25) is 4.79 Å². The molecule has 0 bridgehead atoms. The Morgan fingerprint density at radius 2 is 1.57 bits per heavy atom. The molecule has 3 aromatic carbocycles. The predicted octanol–water partition coefficient (Wildman–Crippen LogP) is 3.86. The van der Waals surface area contributed by atoms with Crippen molar-refractivity contribution >= 4 is 18.0 Å². The van der Waals surface area contributed by atoms with E-state index >= 15 is 0 Å². The third-order valence-corrected chi connectivity index (χ3v) is 7.39. The van der Waals surface area contributed by atoms with Crippen molar-refractivity contribution in [3.05, 3.63) is 95.6 Å². The number of hydrogen-bond acceptors (Lipinski definition) is 6. The molecule has 0 saturated carbocycles. The van der Waals surface area contributed by atoms with Gasteiger partial charge in [0.15, 0.2) is 12.1 Å². The van der Waals surface area contributed by atoms with Crippen LogP contribution in [0.25, 0.3) is 11.1 Å². The maximum atomic E-state index is 13.0. The fraction of sp³-hybridized carbons (Fsp3) is 0.323. The Labute approximate surface area is 232 Å². The SMILES string of the molecule is CC(OCc1ccccc1)C(NC(=O)[C@@H]1OCC[C@@H]1NC(=O)OCC1c2ccccc2-c2ccccc21)C(=O)O. The van der Waals surface area contributed by atoms with Crippen molar-refractivity contribution in [2.24, 2.45) is 0 Å². The molecule has 1 fully saturated rings. The third kappa shape index (κ3) is 6.00. The lowest BCUT2D eigenvalue weighted by molar-refractivity contribution is -0.148. The number of aliphatic carboxylic acids is 1. The summed E-state index contributed by atoms with van der Waals surface area (Å²) in [7, 11) is 0. The monoisotopic (exact) mass is 544 g/mol. The van der Waals surface area contributed by atoms with Crippen LogP contribution in [0.3, 0.4) is 0 Å². The van der Waals surface area contributed by atoms with Crippen molar-refractivity contribution in [1.29, 1.82) is 0 Å². The average Bonchev–Trinajstić information content (AvgIpc) is 3.56. The molecule has 0 aromatic heterocycles. The lowest BCUT2D eigenvalue weighted by atomic mass is 9.98. The quantitative estimate of drug-likeness (QED) is 0.354. The second kappa shape index (κ2) is 12.3. The maximum Gasteiger partial charge on any atom is 0.407 e. The van der Waals surface area contributed by atoms with Crippen LogP contribution in [0.4, 0.5) is 4.79 Å². The van der Waals surface area contributed by atoms with E-state index in [2.05, 4.69) is 22.8 Å². The van der Waals surface area contributed by atoms with Gasteiger partial charge in [0.25, 0.3) is 5.91 Å². The van der Waals surface area contributed by atoms with Crippen molar-refractivity contribution in [1.82, 2.24) is 10.6 Å². The molecule has 1 heterocycles. The summed E-state index contributed by atoms with van der Waals surface area (Å²) in [6.45, 7) is 2.17. The van der Waals surface area contributed by atoms with Gasteiger partial charge in [0.1, 0.15) is 6.61 Å². The standard InChI is InChI=1S/C31H32N2O7/c1-19(39-17-20-9-3-2-4-10-20)27(30(35)36)33-29(34)28-26(15-16-38-28)32-31(37)40-18-25-23-13-7-5-11-21(23)22-12-6-8-14-24(22)25/h2-14,19,25-28H,15-18H2,1H3,(H,32,37)(H,33,34)(H,35,36)/t19?,26-,27?,28+/m0/s1. The number of carbonyl (C=O) groups excluding carboxylic acids is 2. The first kappa shape index (κ1) is 27.4. The van der Waals surface area contributed by atoms with E-state index in [1.54, 1.807) is 6.92 Å². The minimum absolute atomic E-state index is 0.0919. The van der Waals surface area contributed by atoms with E-state index in [0.717, 1.165) is 27.8 Å². The van der Waals surface area contributed by atoms with Crippen molar-refractivity contribution in [2.75, 3.05) is 13.2 Å². The Balaban J connectivity index is 1.16. The van der Waals surface area contributed by atoms with Crippen LogP contribution >= 0.6 is 0 Å². The van der Waals surface area contributed by atoms with Gasteiger partial charge in [0, 0.05) is 12.5 Å². The van der Waals surface area contributed by atoms with E-state index < -0.39 is 42.3 Å². The number of nitrogens with one attached hydrogen (secondary N) is 2. The molecule has 2 amide bonds. The summed E-state index contributed by atoms with van der Waals surface area (Å²) in [6.07, 6.45) is -2.13. The Morgan fingerprint density at radius 1 is 0.950 bits per heavy atom. The average molecular weight is 545 g/mol. The second-order valence-electron chi connectivity index (χ2n) is 9.98. The minimum Gasteiger partial charge on any atom is -0.480 e. The zero-order valence-corrected chi connectivity index (χ0v) is 22.1. The van der Waals surface area contributed by atoms with Crippen LogP contribution in [0.15, 0.2) is 78.9 Å². The van der Waals surface area contributed by atoms with Gasteiger partial charge in [-0.05, 0) is 41.2 Å². The molecule has 9 nitrogen and oxygen atoms in total. The van der Waals surface area contributed by atoms with Gasteiger partial charge >= 0.3 is 12.1 Å². The molecule has 5 rings (SSSR count). The summed E-state index contributed by atoms with van der Waals surface area (Å²) in [5.74, 6) is -1.96. The van der Waals surface area contributed by atoms with Crippen LogP contribution in [0, 0.1) is 0 Å². The molecule has 9 heteroatoms. The molecule has 4 atom stereocenters. The fourth-order valence-corrected chi connectivity index (χ4v) is 5.30. The topological polar surface area (TPSA) is 123 Å². The number of rotatable bonds is 10. The zero-order valence-electron chi connectivity index (χ0n) is 22.1. The van der Waals surface area contributed by atoms with Gasteiger partial charge in [-0.2, -0.15) is 0 Å². The number of carboxylic acid groups (broad SMARTS) is 1. The summed E-state index contributed by atoms with van der Waals surface area (Å²) in [4.78, 5) is 37.7. The van der Waals surface area contributed by atoms with Crippen LogP contribution < -0.4 is 10.6 Å². The number of hydrogen-bond donors (Lipinski definition) is 3.